The van der Waals surface area contributed by atoms with Crippen LogP contribution in [0.5, 0.6) is 0 Å². The van der Waals surface area contributed by atoms with Gasteiger partial charge in [-0.15, -0.1) is 11.6 Å². The summed E-state index contributed by atoms with van der Waals surface area (Å²) in [6.07, 6.45) is 0. The summed E-state index contributed by atoms with van der Waals surface area (Å²) in [5.41, 5.74) is 0. The van der Waals surface area contributed by atoms with Gasteiger partial charge in [-0.3, -0.25) is 4.90 Å². The smallest absolute Gasteiger partial charge is 0.0644 e. The Morgan fingerprint density at radius 2 is 1.88 bits per heavy atom. The molecular weight excluding hydrogens is 138 g/mol. The molecule has 0 amide bonds. The fourth-order valence-electron chi connectivity index (χ4n) is 0.727. The Balaban J connectivity index is 3.35. The van der Waals surface area contributed by atoms with E-state index in [9.17, 15) is 0 Å². The van der Waals surface area contributed by atoms with Crippen molar-refractivity contribution in [3.05, 3.63) is 0 Å². The van der Waals surface area contributed by atoms with Gasteiger partial charge in [0, 0.05) is 10.2 Å². The van der Waals surface area contributed by atoms with Crippen LogP contribution in [0.25, 0.3) is 0 Å². The fraction of sp³-hybridized carbons (Fsp3) is 1.00. The van der Waals surface area contributed by atoms with E-state index in [1.807, 2.05) is 0 Å². The second kappa shape index (κ2) is 4.36. The molecule has 1 unspecified atom stereocenters. The van der Waals surface area contributed by atoms with Gasteiger partial charge in [0.2, 0.25) is 0 Å². The molecule has 0 aromatic heterocycles. The topological polar surface area (TPSA) is 3.24 Å². The third-order valence-electron chi connectivity index (χ3n) is 1.32. The van der Waals surface area contributed by atoms with Crippen molar-refractivity contribution in [3.63, 3.8) is 0 Å². The third-order valence-corrected chi connectivity index (χ3v) is 2.32. The Morgan fingerprint density at radius 1 is 1.50 bits per heavy atom. The molecule has 1 nitrogen and oxygen atoms in total. The summed E-state index contributed by atoms with van der Waals surface area (Å²) in [6, 6.07) is 0. The molecule has 0 heterocycles. The quantitative estimate of drug-likeness (QED) is 0.317. The number of halogens is 1. The van der Waals surface area contributed by atoms with Gasteiger partial charge in [0.15, 0.2) is 0 Å². The van der Waals surface area contributed by atoms with Crippen molar-refractivity contribution in [3.8, 4) is 0 Å². The van der Waals surface area contributed by atoms with E-state index in [0.717, 1.165) is 23.3 Å². The van der Waals surface area contributed by atoms with Crippen LogP contribution in [0.15, 0.2) is 0 Å². The van der Waals surface area contributed by atoms with E-state index >= 15 is 0 Å². The van der Waals surface area contributed by atoms with Crippen LogP contribution in [0, 0.1) is 0 Å². The summed E-state index contributed by atoms with van der Waals surface area (Å²) < 4.78 is 0. The van der Waals surface area contributed by atoms with Crippen molar-refractivity contribution in [2.75, 3.05) is 13.1 Å². The summed E-state index contributed by atoms with van der Waals surface area (Å²) in [6.45, 7) is 6.43. The number of hydrogen-bond acceptors (Lipinski definition) is 1. The molecule has 0 radical (unpaired) electrons. The molecule has 8 heavy (non-hydrogen) atoms. The Bertz CT molecular complexity index is 54.4. The number of alkyl halides is 1. The lowest BCUT2D eigenvalue weighted by Crippen LogP contribution is -2.30. The first-order valence-electron chi connectivity index (χ1n) is 3.10. The summed E-state index contributed by atoms with van der Waals surface area (Å²) in [4.78, 5) is 2.24. The van der Waals surface area contributed by atoms with Crippen LogP contribution in [-0.2, 0) is 0 Å². The molecule has 3 heteroatoms. The molecule has 0 aromatic rings. The molecule has 0 saturated heterocycles. The van der Waals surface area contributed by atoms with Crippen LogP contribution in [0.4, 0.5) is 0 Å². The van der Waals surface area contributed by atoms with Crippen LogP contribution in [-0.4, -0.2) is 33.4 Å². The Morgan fingerprint density at radius 3 is 1.88 bits per heavy atom. The van der Waals surface area contributed by atoms with Gasteiger partial charge in [0.25, 0.3) is 0 Å². The molecule has 1 atom stereocenters. The van der Waals surface area contributed by atoms with Gasteiger partial charge < -0.3 is 0 Å². The zero-order valence-corrected chi connectivity index (χ0v) is 8.57. The predicted molar refractivity (Wildman–Crippen MR) is 42.5 cm³/mol. The summed E-state index contributed by atoms with van der Waals surface area (Å²) in [5, 5.41) is 0.324. The van der Waals surface area contributed by atoms with E-state index in [2.05, 4.69) is 18.7 Å². The maximum Gasteiger partial charge on any atom is 0.0644 e. The number of rotatable bonds is 3. The first kappa shape index (κ1) is 8.47. The molecule has 0 spiro atoms. The van der Waals surface area contributed by atoms with Crippen LogP contribution in [0.3, 0.4) is 0 Å². The molecule has 50 valence electrons. The summed E-state index contributed by atoms with van der Waals surface area (Å²) in [5.74, 6) is 0. The van der Waals surface area contributed by atoms with Gasteiger partial charge in [-0.05, 0) is 13.1 Å². The van der Waals surface area contributed by atoms with Gasteiger partial charge >= 0.3 is 0 Å². The highest BCUT2D eigenvalue weighted by atomic mass is 35.5. The molecule has 0 saturated carbocycles. The van der Waals surface area contributed by atoms with E-state index in [-0.39, 0.29) is 0 Å². The Labute approximate surface area is 59.4 Å². The van der Waals surface area contributed by atoms with E-state index in [4.69, 9.17) is 11.6 Å². The summed E-state index contributed by atoms with van der Waals surface area (Å²) in [7, 11) is 1.06. The Hall–Kier alpha value is 0.467. The second-order valence-corrected chi connectivity index (χ2v) is 4.25. The maximum atomic E-state index is 5.83. The predicted octanol–water partition coefficient (Wildman–Crippen LogP) is 0.216. The van der Waals surface area contributed by atoms with E-state index in [0.29, 0.717) is 5.12 Å². The first-order valence-corrected chi connectivity index (χ1v) is 4.69. The molecule has 0 aliphatic rings. The average molecular weight is 152 g/mol. The molecular formula is C5H14ClNSi. The number of nitrogens with zero attached hydrogens (tertiary/aromatic N) is 1. The van der Waals surface area contributed by atoms with Gasteiger partial charge in [-0.2, -0.15) is 0 Å². The minimum Gasteiger partial charge on any atom is -0.292 e. The van der Waals surface area contributed by atoms with E-state index < -0.39 is 0 Å². The van der Waals surface area contributed by atoms with Crippen molar-refractivity contribution >= 4 is 21.8 Å². The van der Waals surface area contributed by atoms with E-state index in [1.54, 1.807) is 0 Å². The third kappa shape index (κ3) is 2.70. The lowest BCUT2D eigenvalue weighted by Gasteiger charge is -2.20. The second-order valence-electron chi connectivity index (χ2n) is 1.80. The lowest BCUT2D eigenvalue weighted by atomic mass is 10.6. The SMILES string of the molecule is CCN(CC)C([SiH3])Cl. The van der Waals surface area contributed by atoms with Crippen molar-refractivity contribution in [2.45, 2.75) is 19.0 Å². The monoisotopic (exact) mass is 151 g/mol. The highest BCUT2D eigenvalue weighted by molar-refractivity contribution is 6.40. The molecule has 0 rings (SSSR count). The van der Waals surface area contributed by atoms with Gasteiger partial charge in [0.05, 0.1) is 5.12 Å². The molecule has 0 bridgehead atoms. The van der Waals surface area contributed by atoms with Crippen molar-refractivity contribution in [2.24, 2.45) is 0 Å². The molecule has 0 aliphatic heterocycles. The van der Waals surface area contributed by atoms with Crippen LogP contribution in [0.1, 0.15) is 13.8 Å². The maximum absolute atomic E-state index is 5.83. The van der Waals surface area contributed by atoms with Crippen LogP contribution in [0.2, 0.25) is 0 Å². The van der Waals surface area contributed by atoms with Gasteiger partial charge in [-0.1, -0.05) is 13.8 Å². The average Bonchev–Trinajstić information content (AvgIpc) is 1.69. The normalized spacial score (nSPS) is 15.0. The van der Waals surface area contributed by atoms with E-state index in [1.165, 1.54) is 0 Å². The van der Waals surface area contributed by atoms with Gasteiger partial charge in [-0.25, -0.2) is 0 Å². The van der Waals surface area contributed by atoms with Crippen LogP contribution >= 0.6 is 11.6 Å². The summed E-state index contributed by atoms with van der Waals surface area (Å²) >= 11 is 5.83. The Kier molecular flexibility index (Phi) is 4.61. The zero-order valence-electron chi connectivity index (χ0n) is 5.82. The van der Waals surface area contributed by atoms with Crippen molar-refractivity contribution < 1.29 is 0 Å². The minimum atomic E-state index is 0.324. The molecule has 0 aliphatic carbocycles. The largest absolute Gasteiger partial charge is 0.292 e. The molecule has 0 aromatic carbocycles. The molecule has 0 N–H and O–H groups in total. The fourth-order valence-corrected chi connectivity index (χ4v) is 1.73. The van der Waals surface area contributed by atoms with Gasteiger partial charge in [0.1, 0.15) is 0 Å². The molecule has 0 fully saturated rings. The van der Waals surface area contributed by atoms with Crippen molar-refractivity contribution in [1.82, 2.24) is 4.90 Å². The lowest BCUT2D eigenvalue weighted by molar-refractivity contribution is 0.330. The van der Waals surface area contributed by atoms with Crippen LogP contribution < -0.4 is 0 Å². The zero-order chi connectivity index (χ0) is 6.57. The minimum absolute atomic E-state index is 0.324. The highest BCUT2D eigenvalue weighted by Gasteiger charge is 2.03. The first-order chi connectivity index (χ1) is 3.72. The highest BCUT2D eigenvalue weighted by Crippen LogP contribution is 1.97. The standard InChI is InChI=1S/C5H14ClNSi/c1-3-7(4-2)5(6)8/h5H,3-4H2,1-2,8H3. The number of hydrogen-bond donors (Lipinski definition) is 0. The van der Waals surface area contributed by atoms with Crippen molar-refractivity contribution in [1.29, 1.82) is 0 Å².